The lowest BCUT2D eigenvalue weighted by Gasteiger charge is -2.29. The Hall–Kier alpha value is -2.75. The molecule has 0 bridgehead atoms. The lowest BCUT2D eigenvalue weighted by Crippen LogP contribution is -2.40. The van der Waals surface area contributed by atoms with Crippen LogP contribution in [0.25, 0.3) is 0 Å². The van der Waals surface area contributed by atoms with Crippen molar-refractivity contribution in [2.75, 3.05) is 40.0 Å². The number of carbonyl (C=O) groups excluding carboxylic acids is 4. The van der Waals surface area contributed by atoms with Crippen molar-refractivity contribution >= 4 is 29.8 Å². The minimum absolute atomic E-state index is 0.0489. The summed E-state index contributed by atoms with van der Waals surface area (Å²) in [5.74, 6) is -1.14. The molecule has 0 unspecified atom stereocenters. The lowest BCUT2D eigenvalue weighted by atomic mass is 9.89. The molecule has 0 saturated heterocycles. The highest BCUT2D eigenvalue weighted by Crippen LogP contribution is 2.22. The van der Waals surface area contributed by atoms with Crippen molar-refractivity contribution < 1.29 is 28.8 Å². The number of amides is 4. The maximum absolute atomic E-state index is 12.1. The van der Waals surface area contributed by atoms with Gasteiger partial charge in [-0.1, -0.05) is 46.7 Å². The summed E-state index contributed by atoms with van der Waals surface area (Å²) in [6, 6.07) is 0. The van der Waals surface area contributed by atoms with Crippen LogP contribution in [0.3, 0.4) is 0 Å². The highest BCUT2D eigenvalue weighted by Gasteiger charge is 2.26. The highest BCUT2D eigenvalue weighted by molar-refractivity contribution is 6.13. The molecule has 1 aliphatic heterocycles. The van der Waals surface area contributed by atoms with Gasteiger partial charge in [-0.15, -0.1) is 0 Å². The van der Waals surface area contributed by atoms with E-state index in [4.69, 9.17) is 4.74 Å². The minimum Gasteiger partial charge on any atom is -0.399 e. The minimum atomic E-state index is -0.397. The molecular weight excluding hydrogens is 428 g/mol. The highest BCUT2D eigenvalue weighted by atomic mass is 16.6. The quantitative estimate of drug-likeness (QED) is 0.227. The number of imide groups is 1. The number of oxime groups is 1. The summed E-state index contributed by atoms with van der Waals surface area (Å²) < 4.78 is 5.83. The molecular formula is C23H40N4O6. The Labute approximate surface area is 197 Å². The van der Waals surface area contributed by atoms with E-state index in [9.17, 15) is 19.2 Å². The van der Waals surface area contributed by atoms with Crippen LogP contribution in [0.1, 0.15) is 54.4 Å². The third kappa shape index (κ3) is 13.4. The maximum atomic E-state index is 12.1. The molecule has 10 heteroatoms. The molecule has 0 saturated carbocycles. The van der Waals surface area contributed by atoms with Crippen LogP contribution in [-0.4, -0.2) is 74.7 Å². The molecule has 188 valence electrons. The first-order chi connectivity index (χ1) is 15.5. The van der Waals surface area contributed by atoms with E-state index >= 15 is 0 Å². The van der Waals surface area contributed by atoms with Crippen LogP contribution < -0.4 is 10.6 Å². The Balaban J connectivity index is 0.00000497. The summed E-state index contributed by atoms with van der Waals surface area (Å²) in [6.07, 6.45) is 4.21. The van der Waals surface area contributed by atoms with Crippen LogP contribution in [0.5, 0.6) is 0 Å². The summed E-state index contributed by atoms with van der Waals surface area (Å²) in [4.78, 5) is 52.6. The zero-order chi connectivity index (χ0) is 25.5. The molecule has 4 amide bonds. The van der Waals surface area contributed by atoms with Gasteiger partial charge in [0.15, 0.2) is 0 Å². The number of nitrogens with one attached hydrogen (secondary N) is 2. The summed E-state index contributed by atoms with van der Waals surface area (Å²) in [5, 5.41) is 9.10. The van der Waals surface area contributed by atoms with Crippen molar-refractivity contribution in [2.45, 2.75) is 54.4 Å². The number of rotatable bonds is 14. The molecule has 0 radical (unpaired) electrons. The van der Waals surface area contributed by atoms with Crippen molar-refractivity contribution in [3.05, 3.63) is 12.2 Å². The van der Waals surface area contributed by atoms with Gasteiger partial charge in [0.1, 0.15) is 7.11 Å². The van der Waals surface area contributed by atoms with Crippen LogP contribution in [-0.2, 0) is 28.8 Å². The first-order valence-corrected chi connectivity index (χ1v) is 11.2. The standard InChI is InChI=1S/C21H34N4O6.C2H6/c1-20(2,12-17(27)22-9-10-24-30-5)14-31-15-21(3,4)13-23-16(26)8-11-25-18(28)6-7-19(25)29;1-2/h6-7,10H,8-9,11-15H2,1-5H3,(H,22,27)(H,23,26);1-2H3/b24-10+;. The maximum Gasteiger partial charge on any atom is 0.253 e. The number of hydrogen-bond acceptors (Lipinski definition) is 7. The summed E-state index contributed by atoms with van der Waals surface area (Å²) in [5.41, 5.74) is -0.684. The topological polar surface area (TPSA) is 126 Å². The average Bonchev–Trinajstić information content (AvgIpc) is 3.06. The van der Waals surface area contributed by atoms with Gasteiger partial charge in [0.25, 0.3) is 11.8 Å². The van der Waals surface area contributed by atoms with E-state index in [0.717, 1.165) is 4.90 Å². The normalized spacial score (nSPS) is 13.7. The van der Waals surface area contributed by atoms with E-state index in [1.165, 1.54) is 25.5 Å². The van der Waals surface area contributed by atoms with E-state index in [-0.39, 0.29) is 35.6 Å². The Morgan fingerprint density at radius 2 is 1.58 bits per heavy atom. The Bertz CT molecular complexity index is 698. The van der Waals surface area contributed by atoms with Gasteiger partial charge in [-0.05, 0) is 5.41 Å². The van der Waals surface area contributed by atoms with Crippen molar-refractivity contribution in [2.24, 2.45) is 16.0 Å². The van der Waals surface area contributed by atoms with E-state index in [1.54, 1.807) is 0 Å². The van der Waals surface area contributed by atoms with Crippen molar-refractivity contribution in [3.63, 3.8) is 0 Å². The second kappa shape index (κ2) is 15.2. The molecule has 0 spiro atoms. The molecule has 2 N–H and O–H groups in total. The smallest absolute Gasteiger partial charge is 0.253 e. The fourth-order valence-corrected chi connectivity index (χ4v) is 2.77. The van der Waals surface area contributed by atoms with E-state index in [0.29, 0.717) is 32.7 Å². The van der Waals surface area contributed by atoms with Gasteiger partial charge in [0.05, 0.1) is 26.0 Å². The van der Waals surface area contributed by atoms with Gasteiger partial charge in [0, 0.05) is 43.5 Å². The molecule has 0 aliphatic carbocycles. The number of ether oxygens (including phenoxy) is 1. The zero-order valence-electron chi connectivity index (χ0n) is 21.0. The largest absolute Gasteiger partial charge is 0.399 e. The van der Waals surface area contributed by atoms with E-state index < -0.39 is 11.8 Å². The first kappa shape index (κ1) is 30.2. The summed E-state index contributed by atoms with van der Waals surface area (Å²) >= 11 is 0. The van der Waals surface area contributed by atoms with Crippen LogP contribution in [0, 0.1) is 10.8 Å². The van der Waals surface area contributed by atoms with Gasteiger partial charge >= 0.3 is 0 Å². The van der Waals surface area contributed by atoms with Crippen molar-refractivity contribution in [1.82, 2.24) is 15.5 Å². The van der Waals surface area contributed by atoms with E-state index in [1.807, 2.05) is 41.5 Å². The first-order valence-electron chi connectivity index (χ1n) is 11.2. The van der Waals surface area contributed by atoms with Gasteiger partial charge < -0.3 is 20.2 Å². The fraction of sp³-hybridized carbons (Fsp3) is 0.696. The molecule has 33 heavy (non-hydrogen) atoms. The zero-order valence-corrected chi connectivity index (χ0v) is 21.0. The fourth-order valence-electron chi connectivity index (χ4n) is 2.77. The molecule has 0 atom stereocenters. The van der Waals surface area contributed by atoms with Crippen molar-refractivity contribution in [3.8, 4) is 0 Å². The second-order valence-corrected chi connectivity index (χ2v) is 8.96. The number of carbonyl (C=O) groups is 4. The molecule has 10 nitrogen and oxygen atoms in total. The third-order valence-corrected chi connectivity index (χ3v) is 4.42. The van der Waals surface area contributed by atoms with Gasteiger partial charge in [-0.2, -0.15) is 0 Å². The van der Waals surface area contributed by atoms with Gasteiger partial charge in [-0.3, -0.25) is 24.1 Å². The molecule has 0 aromatic heterocycles. The van der Waals surface area contributed by atoms with Crippen LogP contribution in [0.4, 0.5) is 0 Å². The third-order valence-electron chi connectivity index (χ3n) is 4.42. The molecule has 0 aromatic rings. The second-order valence-electron chi connectivity index (χ2n) is 8.96. The summed E-state index contributed by atoms with van der Waals surface area (Å²) in [7, 11) is 1.43. The SMILES string of the molecule is CC.CO/N=C/CNC(=O)CC(C)(C)COCC(C)(C)CNC(=O)CCN1C(=O)C=CC1=O. The van der Waals surface area contributed by atoms with Crippen LogP contribution in [0.2, 0.25) is 0 Å². The lowest BCUT2D eigenvalue weighted by molar-refractivity contribution is -0.137. The van der Waals surface area contributed by atoms with Crippen molar-refractivity contribution in [1.29, 1.82) is 0 Å². The number of hydrogen-bond donors (Lipinski definition) is 2. The molecule has 1 heterocycles. The van der Waals surface area contributed by atoms with Gasteiger partial charge in [0.2, 0.25) is 11.8 Å². The molecule has 0 aromatic carbocycles. The molecule has 0 fully saturated rings. The Morgan fingerprint density at radius 1 is 1.00 bits per heavy atom. The predicted octanol–water partition coefficient (Wildman–Crippen LogP) is 1.65. The van der Waals surface area contributed by atoms with E-state index in [2.05, 4.69) is 20.6 Å². The van der Waals surface area contributed by atoms with Crippen LogP contribution in [0.15, 0.2) is 17.3 Å². The van der Waals surface area contributed by atoms with Crippen LogP contribution >= 0.6 is 0 Å². The molecule has 1 rings (SSSR count). The monoisotopic (exact) mass is 468 g/mol. The predicted molar refractivity (Wildman–Crippen MR) is 126 cm³/mol. The van der Waals surface area contributed by atoms with Gasteiger partial charge in [-0.25, -0.2) is 0 Å². The average molecular weight is 469 g/mol. The number of nitrogens with zero attached hydrogens (tertiary/aromatic N) is 2. The summed E-state index contributed by atoms with van der Waals surface area (Å²) in [6.45, 7) is 13.3. The Morgan fingerprint density at radius 3 is 2.15 bits per heavy atom. The Kier molecular flexibility index (Phi) is 13.9. The molecule has 1 aliphatic rings.